The van der Waals surface area contributed by atoms with E-state index >= 15 is 0 Å². The van der Waals surface area contributed by atoms with Crippen LogP contribution in [-0.4, -0.2) is 23.8 Å². The van der Waals surface area contributed by atoms with Gasteiger partial charge in [0, 0.05) is 5.41 Å². The van der Waals surface area contributed by atoms with E-state index in [1.807, 2.05) is 52.8 Å². The van der Waals surface area contributed by atoms with Crippen molar-refractivity contribution in [2.45, 2.75) is 34.6 Å². The normalized spacial score (nSPS) is 14.1. The van der Waals surface area contributed by atoms with Gasteiger partial charge in [-0.2, -0.15) is 0 Å². The maximum atomic E-state index is 12.5. The second-order valence-electron chi connectivity index (χ2n) is 7.64. The van der Waals surface area contributed by atoms with Crippen LogP contribution in [0.1, 0.15) is 37.5 Å². The van der Waals surface area contributed by atoms with Crippen molar-refractivity contribution >= 4 is 18.9 Å². The highest BCUT2D eigenvalue weighted by atomic mass is 16.5. The van der Waals surface area contributed by atoms with Crippen LogP contribution >= 0.6 is 0 Å². The second-order valence-corrected chi connectivity index (χ2v) is 7.64. The van der Waals surface area contributed by atoms with Gasteiger partial charge in [-0.1, -0.05) is 39.0 Å². The molecule has 0 atom stereocenters. The van der Waals surface area contributed by atoms with Crippen molar-refractivity contribution in [1.29, 1.82) is 0 Å². The molecule has 0 aliphatic carbocycles. The molecule has 6 heteroatoms. The van der Waals surface area contributed by atoms with Gasteiger partial charge in [0.25, 0.3) is 11.1 Å². The molecule has 1 aromatic heterocycles. The molecule has 0 fully saturated rings. The number of methoxy groups -OCH3 is 1. The summed E-state index contributed by atoms with van der Waals surface area (Å²) in [6.45, 7) is 13.4. The lowest BCUT2D eigenvalue weighted by Gasteiger charge is -2.22. The molecule has 0 aliphatic heterocycles. The van der Waals surface area contributed by atoms with E-state index in [0.29, 0.717) is 11.5 Å². The third-order valence-electron chi connectivity index (χ3n) is 4.50. The van der Waals surface area contributed by atoms with Crippen molar-refractivity contribution in [2.75, 3.05) is 7.11 Å². The number of aromatic amines is 2. The smallest absolute Gasteiger partial charge is 0.272 e. The van der Waals surface area contributed by atoms with E-state index in [2.05, 4.69) is 21.7 Å². The summed E-state index contributed by atoms with van der Waals surface area (Å²) in [6, 6.07) is 5.81. The predicted molar refractivity (Wildman–Crippen MR) is 114 cm³/mol. The number of hydrogen-bond donors (Lipinski definition) is 2. The number of nitrogens with one attached hydrogen (secondary N) is 2. The van der Waals surface area contributed by atoms with Gasteiger partial charge in [0.05, 0.1) is 7.11 Å². The van der Waals surface area contributed by atoms with E-state index in [1.54, 1.807) is 6.08 Å². The van der Waals surface area contributed by atoms with Crippen LogP contribution in [0.3, 0.4) is 0 Å². The molecule has 1 heterocycles. The predicted octanol–water partition coefficient (Wildman–Crippen LogP) is 1.89. The number of ether oxygens (including phenoxy) is 1. The number of benzene rings is 1. The zero-order chi connectivity index (χ0) is 21.1. The van der Waals surface area contributed by atoms with Crippen molar-refractivity contribution in [3.8, 4) is 0 Å². The minimum absolute atomic E-state index is 0.0873. The molecule has 0 aliphatic rings. The van der Waals surface area contributed by atoms with Gasteiger partial charge in [-0.3, -0.25) is 14.6 Å². The molecule has 2 N–H and O–H groups in total. The Morgan fingerprint density at radius 1 is 1.11 bits per heavy atom. The lowest BCUT2D eigenvalue weighted by molar-refractivity contribution is 0.203. The first-order chi connectivity index (χ1) is 13.1. The minimum atomic E-state index is -0.429. The molecule has 6 nitrogen and oxygen atoms in total. The van der Waals surface area contributed by atoms with Crippen LogP contribution in [0, 0.1) is 19.3 Å². The first kappa shape index (κ1) is 21.2. The van der Waals surface area contributed by atoms with Gasteiger partial charge < -0.3 is 14.7 Å². The fraction of sp³-hybridized carbons (Fsp3) is 0.318. The Balaban J connectivity index is 2.72. The molecular weight excluding hydrogens is 354 g/mol. The Hall–Kier alpha value is -3.15. The van der Waals surface area contributed by atoms with Gasteiger partial charge in [-0.05, 0) is 49.4 Å². The summed E-state index contributed by atoms with van der Waals surface area (Å²) in [6.07, 6.45) is 3.14. The van der Waals surface area contributed by atoms with Gasteiger partial charge in [0.2, 0.25) is 0 Å². The summed E-state index contributed by atoms with van der Waals surface area (Å²) >= 11 is 0. The Morgan fingerprint density at radius 3 is 2.29 bits per heavy atom. The van der Waals surface area contributed by atoms with Gasteiger partial charge in [-0.25, -0.2) is 0 Å². The number of nitrogens with zero attached hydrogens (tertiary/aromatic N) is 1. The van der Waals surface area contributed by atoms with E-state index in [0.717, 1.165) is 16.7 Å². The Bertz CT molecular complexity index is 1160. The van der Waals surface area contributed by atoms with Crippen LogP contribution in [0.25, 0.3) is 12.2 Å². The molecule has 2 rings (SSSR count). The van der Waals surface area contributed by atoms with Crippen LogP contribution in [0.4, 0.5) is 0 Å². The number of hydrogen-bond acceptors (Lipinski definition) is 4. The van der Waals surface area contributed by atoms with Gasteiger partial charge in [0.1, 0.15) is 22.2 Å². The average Bonchev–Trinajstić information content (AvgIpc) is 2.61. The minimum Gasteiger partial charge on any atom is -0.498 e. The Labute approximate surface area is 164 Å². The summed E-state index contributed by atoms with van der Waals surface area (Å²) in [5, 5.41) is 0.278. The SMILES string of the molecule is C=NC(/C=c1\[nH]c(=O)/c(=C/c2cccc(C)c2C)[nH]c1=O)=C(\OC)C(C)(C)C. The third-order valence-corrected chi connectivity index (χ3v) is 4.50. The van der Waals surface area contributed by atoms with Crippen molar-refractivity contribution in [2.24, 2.45) is 10.4 Å². The highest BCUT2D eigenvalue weighted by molar-refractivity contribution is 5.54. The first-order valence-corrected chi connectivity index (χ1v) is 8.96. The molecule has 148 valence electrons. The summed E-state index contributed by atoms with van der Waals surface area (Å²) in [4.78, 5) is 34.3. The summed E-state index contributed by atoms with van der Waals surface area (Å²) in [5.41, 5.74) is 2.26. The van der Waals surface area contributed by atoms with E-state index in [4.69, 9.17) is 4.74 Å². The van der Waals surface area contributed by atoms with Crippen LogP contribution < -0.4 is 21.8 Å². The molecule has 0 amide bonds. The fourth-order valence-corrected chi connectivity index (χ4v) is 2.90. The topological polar surface area (TPSA) is 87.3 Å². The van der Waals surface area contributed by atoms with E-state index in [9.17, 15) is 9.59 Å². The number of H-pyrrole nitrogens is 2. The van der Waals surface area contributed by atoms with Crippen LogP contribution in [0.15, 0.2) is 44.2 Å². The number of aliphatic imine (C=N–C) groups is 1. The van der Waals surface area contributed by atoms with E-state index < -0.39 is 11.1 Å². The number of aromatic nitrogens is 2. The molecule has 2 aromatic rings. The van der Waals surface area contributed by atoms with Crippen LogP contribution in [-0.2, 0) is 4.74 Å². The second kappa shape index (κ2) is 8.25. The summed E-state index contributed by atoms with van der Waals surface area (Å²) < 4.78 is 5.44. The van der Waals surface area contributed by atoms with Gasteiger partial charge >= 0.3 is 0 Å². The standard InChI is InChI=1S/C22H27N3O3/c1-13-9-8-10-15(14(13)2)11-17-20(26)25-18(21(27)24-17)12-16(23-6)19(28-7)22(3,4)5/h8-12H,6H2,1-5,7H3,(H,24,27)(H,25,26)/b17-11-,18-12-,19-16-. The highest BCUT2D eigenvalue weighted by Gasteiger charge is 2.21. The maximum Gasteiger partial charge on any atom is 0.272 e. The highest BCUT2D eigenvalue weighted by Crippen LogP contribution is 2.29. The zero-order valence-corrected chi connectivity index (χ0v) is 17.3. The van der Waals surface area contributed by atoms with Crippen LogP contribution in [0.5, 0.6) is 0 Å². The first-order valence-electron chi connectivity index (χ1n) is 8.96. The van der Waals surface area contributed by atoms with Crippen molar-refractivity contribution in [1.82, 2.24) is 9.97 Å². The van der Waals surface area contributed by atoms with E-state index in [-0.39, 0.29) is 16.1 Å². The monoisotopic (exact) mass is 381 g/mol. The van der Waals surface area contributed by atoms with Gasteiger partial charge in [-0.15, -0.1) is 0 Å². The van der Waals surface area contributed by atoms with Crippen LogP contribution in [0.2, 0.25) is 0 Å². The summed E-state index contributed by atoms with van der Waals surface area (Å²) in [5.74, 6) is 0.564. The number of rotatable bonds is 4. The van der Waals surface area contributed by atoms with Crippen molar-refractivity contribution in [3.05, 3.63) is 77.8 Å². The maximum absolute atomic E-state index is 12.5. The molecular formula is C22H27N3O3. The Kier molecular flexibility index (Phi) is 6.23. The molecule has 0 radical (unpaired) electrons. The quantitative estimate of drug-likeness (QED) is 0.626. The molecule has 0 saturated heterocycles. The van der Waals surface area contributed by atoms with Crippen molar-refractivity contribution in [3.63, 3.8) is 0 Å². The largest absolute Gasteiger partial charge is 0.498 e. The Morgan fingerprint density at radius 2 is 1.71 bits per heavy atom. The lowest BCUT2D eigenvalue weighted by Crippen LogP contribution is -2.46. The average molecular weight is 381 g/mol. The number of allylic oxidation sites excluding steroid dienone is 2. The molecule has 0 unspecified atom stereocenters. The molecule has 1 aromatic carbocycles. The van der Waals surface area contributed by atoms with Gasteiger partial charge in [0.15, 0.2) is 0 Å². The van der Waals surface area contributed by atoms with E-state index in [1.165, 1.54) is 13.2 Å². The fourth-order valence-electron chi connectivity index (χ4n) is 2.90. The van der Waals surface area contributed by atoms with Crippen molar-refractivity contribution < 1.29 is 4.74 Å². The molecule has 0 saturated carbocycles. The lowest BCUT2D eigenvalue weighted by atomic mass is 9.92. The number of aryl methyl sites for hydroxylation is 1. The zero-order valence-electron chi connectivity index (χ0n) is 17.3. The molecule has 0 bridgehead atoms. The summed E-state index contributed by atoms with van der Waals surface area (Å²) in [7, 11) is 1.54. The molecule has 0 spiro atoms. The molecule has 28 heavy (non-hydrogen) atoms. The third kappa shape index (κ3) is 4.57.